The Hall–Kier alpha value is -1.39. The number of ether oxygens (including phenoxy) is 1. The van der Waals surface area contributed by atoms with E-state index in [-0.39, 0.29) is 23.2 Å². The summed E-state index contributed by atoms with van der Waals surface area (Å²) in [5.41, 5.74) is 2.50. The van der Waals surface area contributed by atoms with E-state index in [9.17, 15) is 15.0 Å². The number of hydrogen-bond donors (Lipinski definition) is 2. The largest absolute Gasteiger partial charge is 0.458 e. The van der Waals surface area contributed by atoms with Crippen LogP contribution in [0.5, 0.6) is 0 Å². The molecule has 0 amide bonds. The quantitative estimate of drug-likeness (QED) is 0.554. The second-order valence-corrected chi connectivity index (χ2v) is 8.81. The van der Waals surface area contributed by atoms with Crippen LogP contribution in [0.4, 0.5) is 0 Å². The molecule has 0 aromatic carbocycles. The molecule has 4 nitrogen and oxygen atoms in total. The first-order valence-electron chi connectivity index (χ1n) is 9.76. The van der Waals surface area contributed by atoms with Crippen LogP contribution in [0.1, 0.15) is 53.4 Å². The first-order valence-corrected chi connectivity index (χ1v) is 9.76. The van der Waals surface area contributed by atoms with E-state index in [0.717, 1.165) is 30.4 Å². The molecule has 0 aliphatic heterocycles. The molecule has 7 atom stereocenters. The van der Waals surface area contributed by atoms with Crippen molar-refractivity contribution in [2.45, 2.75) is 71.7 Å². The molecule has 0 unspecified atom stereocenters. The summed E-state index contributed by atoms with van der Waals surface area (Å²) in [5, 5.41) is 22.0. The molecule has 0 aromatic rings. The fourth-order valence-electron chi connectivity index (χ4n) is 5.64. The number of aliphatic hydroxyl groups is 2. The summed E-state index contributed by atoms with van der Waals surface area (Å²) in [5.74, 6) is 0.300. The van der Waals surface area contributed by atoms with Crippen LogP contribution in [0.15, 0.2) is 35.5 Å². The van der Waals surface area contributed by atoms with Gasteiger partial charge in [-0.25, -0.2) is 0 Å². The standard InChI is InChI=1S/C22H32O4/c1-12-7-6-8-13(2)16-9-10-22(5)19(16)14(3)18(20(24)21(22)25)17(11-12)26-15(4)23/h6,8,12,16-17,19-21,24-25H,2,7,9-11H2,1,3-5H3/b8-6-/t12-,16-,17-,19+,20+,21-,22-/m0/s1. The van der Waals surface area contributed by atoms with Crippen LogP contribution >= 0.6 is 0 Å². The van der Waals surface area contributed by atoms with Crippen molar-refractivity contribution < 1.29 is 19.7 Å². The minimum absolute atomic E-state index is 0.111. The SMILES string of the molecule is C=C1/C=C\C[C@H](C)C[C@H](OC(C)=O)C2=C(C)[C@@H]3[C@H]1CC[C@]3(C)[C@@H](O)[C@@H]2O. The molecule has 1 fully saturated rings. The van der Waals surface area contributed by atoms with Crippen molar-refractivity contribution in [3.8, 4) is 0 Å². The number of hydrogen-bond acceptors (Lipinski definition) is 4. The molecule has 1 saturated carbocycles. The highest BCUT2D eigenvalue weighted by molar-refractivity contribution is 5.66. The van der Waals surface area contributed by atoms with Gasteiger partial charge in [-0.2, -0.15) is 0 Å². The van der Waals surface area contributed by atoms with Crippen molar-refractivity contribution in [2.24, 2.45) is 23.2 Å². The minimum Gasteiger partial charge on any atom is -0.458 e. The predicted octanol–water partition coefficient (Wildman–Crippen LogP) is 3.54. The fourth-order valence-corrected chi connectivity index (χ4v) is 5.64. The van der Waals surface area contributed by atoms with Gasteiger partial charge in [0.1, 0.15) is 12.2 Å². The van der Waals surface area contributed by atoms with Gasteiger partial charge in [0.2, 0.25) is 0 Å². The average molecular weight is 360 g/mol. The van der Waals surface area contributed by atoms with E-state index >= 15 is 0 Å². The van der Waals surface area contributed by atoms with Crippen LogP contribution in [0.25, 0.3) is 0 Å². The molecule has 26 heavy (non-hydrogen) atoms. The third-order valence-electron chi connectivity index (χ3n) is 6.94. The summed E-state index contributed by atoms with van der Waals surface area (Å²) < 4.78 is 5.65. The third-order valence-corrected chi connectivity index (χ3v) is 6.94. The number of allylic oxidation sites excluding steroid dienone is 4. The van der Waals surface area contributed by atoms with Crippen molar-refractivity contribution in [3.63, 3.8) is 0 Å². The maximum Gasteiger partial charge on any atom is 0.303 e. The molecule has 2 N–H and O–H groups in total. The summed E-state index contributed by atoms with van der Waals surface area (Å²) in [4.78, 5) is 11.7. The molecule has 0 heterocycles. The Balaban J connectivity index is 2.16. The van der Waals surface area contributed by atoms with E-state index < -0.39 is 18.3 Å². The molecule has 2 bridgehead atoms. The molecule has 3 aliphatic rings. The van der Waals surface area contributed by atoms with Crippen molar-refractivity contribution in [1.82, 2.24) is 0 Å². The number of carbonyl (C=O) groups excluding carboxylic acids is 1. The lowest BCUT2D eigenvalue weighted by Gasteiger charge is -2.48. The van der Waals surface area contributed by atoms with E-state index in [4.69, 9.17) is 4.74 Å². The molecule has 144 valence electrons. The zero-order valence-electron chi connectivity index (χ0n) is 16.4. The smallest absolute Gasteiger partial charge is 0.303 e. The van der Waals surface area contributed by atoms with Gasteiger partial charge in [-0.3, -0.25) is 4.79 Å². The van der Waals surface area contributed by atoms with Gasteiger partial charge in [-0.15, -0.1) is 0 Å². The van der Waals surface area contributed by atoms with Crippen molar-refractivity contribution >= 4 is 5.97 Å². The van der Waals surface area contributed by atoms with Crippen LogP contribution in [0.2, 0.25) is 0 Å². The molecule has 3 rings (SSSR count). The molecule has 3 aliphatic carbocycles. The van der Waals surface area contributed by atoms with E-state index in [1.54, 1.807) is 0 Å². The normalized spacial score (nSPS) is 44.5. The highest BCUT2D eigenvalue weighted by atomic mass is 16.5. The van der Waals surface area contributed by atoms with Gasteiger partial charge in [0, 0.05) is 17.9 Å². The maximum absolute atomic E-state index is 11.7. The van der Waals surface area contributed by atoms with E-state index in [1.165, 1.54) is 6.92 Å². The van der Waals surface area contributed by atoms with E-state index in [0.29, 0.717) is 17.9 Å². The maximum atomic E-state index is 11.7. The Morgan fingerprint density at radius 2 is 2.08 bits per heavy atom. The Morgan fingerprint density at radius 1 is 1.38 bits per heavy atom. The lowest BCUT2D eigenvalue weighted by atomic mass is 9.61. The molecule has 0 radical (unpaired) electrons. The highest BCUT2D eigenvalue weighted by Gasteiger charge is 2.57. The number of carbonyl (C=O) groups is 1. The molecular formula is C22H32O4. The molecule has 0 spiro atoms. The van der Waals surface area contributed by atoms with Crippen LogP contribution in [0, 0.1) is 23.2 Å². The summed E-state index contributed by atoms with van der Waals surface area (Å²) in [7, 11) is 0. The second kappa shape index (κ2) is 6.97. The van der Waals surface area contributed by atoms with Gasteiger partial charge in [0.05, 0.1) is 6.10 Å². The Morgan fingerprint density at radius 3 is 2.73 bits per heavy atom. The first kappa shape index (κ1) is 19.4. The minimum atomic E-state index is -0.992. The van der Waals surface area contributed by atoms with Crippen LogP contribution in [-0.2, 0) is 9.53 Å². The lowest BCUT2D eigenvalue weighted by Crippen LogP contribution is -2.52. The van der Waals surface area contributed by atoms with Crippen LogP contribution < -0.4 is 0 Å². The van der Waals surface area contributed by atoms with Gasteiger partial charge in [-0.1, -0.05) is 43.7 Å². The van der Waals surface area contributed by atoms with Gasteiger partial charge >= 0.3 is 5.97 Å². The number of aliphatic hydroxyl groups excluding tert-OH is 2. The lowest BCUT2D eigenvalue weighted by molar-refractivity contribution is -0.147. The van der Waals surface area contributed by atoms with Crippen molar-refractivity contribution in [2.75, 3.05) is 0 Å². The Kier molecular flexibility index (Phi) is 5.19. The van der Waals surface area contributed by atoms with E-state index in [2.05, 4.69) is 32.6 Å². The average Bonchev–Trinajstić information content (AvgIpc) is 2.90. The zero-order chi connectivity index (χ0) is 19.2. The summed E-state index contributed by atoms with van der Waals surface area (Å²) >= 11 is 0. The number of rotatable bonds is 1. The summed E-state index contributed by atoms with van der Waals surface area (Å²) in [6.07, 6.45) is 5.27. The molecule has 4 heteroatoms. The Bertz CT molecular complexity index is 661. The monoisotopic (exact) mass is 360 g/mol. The van der Waals surface area contributed by atoms with Crippen LogP contribution in [0.3, 0.4) is 0 Å². The summed E-state index contributed by atoms with van der Waals surface area (Å²) in [6.45, 7) is 12.0. The highest BCUT2D eigenvalue weighted by Crippen LogP contribution is 2.59. The zero-order valence-corrected chi connectivity index (χ0v) is 16.4. The first-order chi connectivity index (χ1) is 12.2. The topological polar surface area (TPSA) is 66.8 Å². The number of esters is 1. The molecular weight excluding hydrogens is 328 g/mol. The van der Waals surface area contributed by atoms with Gasteiger partial charge in [-0.05, 0) is 50.4 Å². The van der Waals surface area contributed by atoms with E-state index in [1.807, 2.05) is 6.92 Å². The molecule has 0 saturated heterocycles. The third kappa shape index (κ3) is 3.07. The van der Waals surface area contributed by atoms with Crippen molar-refractivity contribution in [3.05, 3.63) is 35.5 Å². The van der Waals surface area contributed by atoms with Gasteiger partial charge < -0.3 is 14.9 Å². The molecule has 0 aromatic heterocycles. The van der Waals surface area contributed by atoms with Gasteiger partial charge in [0.15, 0.2) is 0 Å². The van der Waals surface area contributed by atoms with Gasteiger partial charge in [0.25, 0.3) is 0 Å². The summed E-state index contributed by atoms with van der Waals surface area (Å²) in [6, 6.07) is 0. The fraction of sp³-hybridized carbons (Fsp3) is 0.682. The Labute approximate surface area is 156 Å². The second-order valence-electron chi connectivity index (χ2n) is 8.81. The van der Waals surface area contributed by atoms with Crippen LogP contribution in [-0.4, -0.2) is 34.5 Å². The van der Waals surface area contributed by atoms with Crippen molar-refractivity contribution in [1.29, 1.82) is 0 Å². The predicted molar refractivity (Wildman–Crippen MR) is 101 cm³/mol.